The topological polar surface area (TPSA) is 42.2 Å². The molecule has 2 rings (SSSR count). The molecule has 0 heterocycles. The minimum Gasteiger partial charge on any atom is -0.497 e. The van der Waals surface area contributed by atoms with Crippen molar-refractivity contribution >= 4 is 11.6 Å². The monoisotopic (exact) mass is 287 g/mol. The van der Waals surface area contributed by atoms with E-state index in [1.807, 2.05) is 37.3 Å². The maximum Gasteiger partial charge on any atom is 0.140 e. The van der Waals surface area contributed by atoms with E-state index < -0.39 is 0 Å². The molecule has 0 saturated carbocycles. The van der Waals surface area contributed by atoms with Crippen LogP contribution in [0, 0.1) is 18.3 Å². The summed E-state index contributed by atoms with van der Waals surface area (Å²) in [6.07, 6.45) is 0. The van der Waals surface area contributed by atoms with Crippen molar-refractivity contribution in [3.8, 4) is 17.6 Å². The third kappa shape index (κ3) is 3.23. The Hall–Kier alpha value is -2.18. The second-order valence-corrected chi connectivity index (χ2v) is 4.75. The van der Waals surface area contributed by atoms with Gasteiger partial charge in [-0.15, -0.1) is 0 Å². The minimum atomic E-state index is 0.353. The van der Waals surface area contributed by atoms with Gasteiger partial charge in [-0.3, -0.25) is 0 Å². The molecule has 0 unspecified atom stereocenters. The Morgan fingerprint density at radius 3 is 2.50 bits per heavy atom. The fourth-order valence-electron chi connectivity index (χ4n) is 1.80. The van der Waals surface area contributed by atoms with Crippen LogP contribution in [0.1, 0.15) is 16.7 Å². The zero-order valence-corrected chi connectivity index (χ0v) is 12.1. The van der Waals surface area contributed by atoms with Crippen molar-refractivity contribution in [2.45, 2.75) is 13.5 Å². The second kappa shape index (κ2) is 6.31. The van der Waals surface area contributed by atoms with Crippen LogP contribution in [0.15, 0.2) is 36.4 Å². The average molecular weight is 288 g/mol. The van der Waals surface area contributed by atoms with Crippen molar-refractivity contribution < 1.29 is 9.47 Å². The van der Waals surface area contributed by atoms with Crippen LogP contribution < -0.4 is 9.47 Å². The maximum atomic E-state index is 9.01. The molecule has 0 aromatic heterocycles. The molecule has 2 aromatic rings. The molecular weight excluding hydrogens is 274 g/mol. The number of ether oxygens (including phenoxy) is 2. The maximum absolute atomic E-state index is 9.01. The molecular formula is C16H14ClNO2. The summed E-state index contributed by atoms with van der Waals surface area (Å²) in [5.74, 6) is 1.33. The number of nitriles is 1. The van der Waals surface area contributed by atoms with Crippen LogP contribution >= 0.6 is 11.6 Å². The van der Waals surface area contributed by atoms with Crippen LogP contribution in [0.5, 0.6) is 11.5 Å². The first kappa shape index (κ1) is 14.2. The van der Waals surface area contributed by atoms with Gasteiger partial charge in [-0.2, -0.15) is 5.26 Å². The Morgan fingerprint density at radius 1 is 1.20 bits per heavy atom. The molecule has 0 fully saturated rings. The first-order chi connectivity index (χ1) is 9.63. The molecule has 0 radical (unpaired) electrons. The van der Waals surface area contributed by atoms with Crippen molar-refractivity contribution in [2.24, 2.45) is 0 Å². The van der Waals surface area contributed by atoms with Gasteiger partial charge >= 0.3 is 0 Å². The smallest absolute Gasteiger partial charge is 0.140 e. The molecule has 0 aliphatic rings. The van der Waals surface area contributed by atoms with Gasteiger partial charge in [-0.1, -0.05) is 23.7 Å². The highest BCUT2D eigenvalue weighted by atomic mass is 35.5. The first-order valence-corrected chi connectivity index (χ1v) is 6.48. The average Bonchev–Trinajstić information content (AvgIpc) is 2.48. The van der Waals surface area contributed by atoms with Crippen LogP contribution in [0.4, 0.5) is 0 Å². The van der Waals surface area contributed by atoms with Gasteiger partial charge in [0.1, 0.15) is 29.2 Å². The van der Waals surface area contributed by atoms with E-state index in [9.17, 15) is 0 Å². The zero-order chi connectivity index (χ0) is 14.5. The number of rotatable bonds is 4. The quantitative estimate of drug-likeness (QED) is 0.850. The predicted molar refractivity (Wildman–Crippen MR) is 78.2 cm³/mol. The van der Waals surface area contributed by atoms with Crippen molar-refractivity contribution in [3.63, 3.8) is 0 Å². The van der Waals surface area contributed by atoms with Crippen molar-refractivity contribution in [3.05, 3.63) is 58.1 Å². The molecule has 0 aliphatic carbocycles. The number of benzene rings is 2. The molecule has 3 nitrogen and oxygen atoms in total. The van der Waals surface area contributed by atoms with Crippen LogP contribution in [0.25, 0.3) is 0 Å². The molecule has 0 bridgehead atoms. The Kier molecular flexibility index (Phi) is 4.49. The van der Waals surface area contributed by atoms with Gasteiger partial charge < -0.3 is 9.47 Å². The highest BCUT2D eigenvalue weighted by Crippen LogP contribution is 2.30. The Bertz CT molecular complexity index is 645. The van der Waals surface area contributed by atoms with Gasteiger partial charge in [0.15, 0.2) is 0 Å². The lowest BCUT2D eigenvalue weighted by molar-refractivity contribution is 0.306. The molecule has 0 spiro atoms. The highest BCUT2D eigenvalue weighted by Gasteiger charge is 2.09. The standard InChI is InChI=1S/C16H14ClNO2/c1-11-7-13(9-18)16(17)15(8-11)20-10-12-3-5-14(19-2)6-4-12/h3-8H,10H2,1-2H3. The van der Waals surface area contributed by atoms with Crippen molar-refractivity contribution in [1.82, 2.24) is 0 Å². The first-order valence-electron chi connectivity index (χ1n) is 6.10. The number of hydrogen-bond donors (Lipinski definition) is 0. The molecule has 0 atom stereocenters. The van der Waals surface area contributed by atoms with Crippen LogP contribution in [-0.2, 0) is 6.61 Å². The molecule has 4 heteroatoms. The molecule has 0 aliphatic heterocycles. The largest absolute Gasteiger partial charge is 0.497 e. The van der Waals surface area contributed by atoms with Crippen molar-refractivity contribution in [2.75, 3.05) is 7.11 Å². The van der Waals surface area contributed by atoms with E-state index >= 15 is 0 Å². The van der Waals surface area contributed by atoms with E-state index in [1.54, 1.807) is 13.2 Å². The van der Waals surface area contributed by atoms with Crippen LogP contribution in [-0.4, -0.2) is 7.11 Å². The zero-order valence-electron chi connectivity index (χ0n) is 11.3. The molecule has 0 saturated heterocycles. The number of aryl methyl sites for hydroxylation is 1. The summed E-state index contributed by atoms with van der Waals surface area (Å²) >= 11 is 6.13. The lowest BCUT2D eigenvalue weighted by Gasteiger charge is -2.10. The minimum absolute atomic E-state index is 0.353. The van der Waals surface area contributed by atoms with Gasteiger partial charge in [0.2, 0.25) is 0 Å². The summed E-state index contributed by atoms with van der Waals surface area (Å²) in [4.78, 5) is 0. The number of halogens is 1. The van der Waals surface area contributed by atoms with Crippen molar-refractivity contribution in [1.29, 1.82) is 5.26 Å². The van der Waals surface area contributed by atoms with E-state index in [4.69, 9.17) is 26.3 Å². The third-order valence-corrected chi connectivity index (χ3v) is 3.25. The lowest BCUT2D eigenvalue weighted by Crippen LogP contribution is -1.97. The van der Waals surface area contributed by atoms with Gasteiger partial charge in [-0.05, 0) is 42.3 Å². The highest BCUT2D eigenvalue weighted by molar-refractivity contribution is 6.33. The van der Waals surface area contributed by atoms with E-state index in [0.29, 0.717) is 22.9 Å². The predicted octanol–water partition coefficient (Wildman–Crippen LogP) is 4.11. The summed E-state index contributed by atoms with van der Waals surface area (Å²) < 4.78 is 10.8. The van der Waals surface area contributed by atoms with E-state index in [-0.39, 0.29) is 0 Å². The summed E-state index contributed by atoms with van der Waals surface area (Å²) in [5.41, 5.74) is 2.37. The van der Waals surface area contributed by atoms with Gasteiger partial charge in [0.25, 0.3) is 0 Å². The summed E-state index contributed by atoms with van der Waals surface area (Å²) in [7, 11) is 1.63. The molecule has 0 N–H and O–H groups in total. The summed E-state index contributed by atoms with van der Waals surface area (Å²) in [6, 6.07) is 13.2. The van der Waals surface area contributed by atoms with Crippen LogP contribution in [0.2, 0.25) is 5.02 Å². The van der Waals surface area contributed by atoms with E-state index in [2.05, 4.69) is 6.07 Å². The number of hydrogen-bond acceptors (Lipinski definition) is 3. The Morgan fingerprint density at radius 2 is 1.90 bits per heavy atom. The fraction of sp³-hybridized carbons (Fsp3) is 0.188. The lowest BCUT2D eigenvalue weighted by atomic mass is 10.1. The van der Waals surface area contributed by atoms with Crippen LogP contribution in [0.3, 0.4) is 0 Å². The normalized spacial score (nSPS) is 9.90. The molecule has 0 amide bonds. The van der Waals surface area contributed by atoms with E-state index in [0.717, 1.165) is 16.9 Å². The Labute approximate surface area is 123 Å². The SMILES string of the molecule is COc1ccc(COc2cc(C)cc(C#N)c2Cl)cc1. The second-order valence-electron chi connectivity index (χ2n) is 4.37. The fourth-order valence-corrected chi connectivity index (χ4v) is 2.01. The summed E-state index contributed by atoms with van der Waals surface area (Å²) in [6.45, 7) is 2.29. The van der Waals surface area contributed by atoms with Gasteiger partial charge in [0.05, 0.1) is 12.7 Å². The Balaban J connectivity index is 2.14. The number of methoxy groups -OCH3 is 1. The van der Waals surface area contributed by atoms with Gasteiger partial charge in [0, 0.05) is 0 Å². The van der Waals surface area contributed by atoms with E-state index in [1.165, 1.54) is 0 Å². The third-order valence-electron chi connectivity index (χ3n) is 2.86. The molecule has 102 valence electrons. The molecule has 20 heavy (non-hydrogen) atoms. The van der Waals surface area contributed by atoms with Gasteiger partial charge in [-0.25, -0.2) is 0 Å². The summed E-state index contributed by atoms with van der Waals surface area (Å²) in [5, 5.41) is 9.36. The number of nitrogens with zero attached hydrogens (tertiary/aromatic N) is 1. The molecule has 2 aromatic carbocycles.